The number of ether oxygens (including phenoxy) is 2. The molecule has 134 valence electrons. The number of esters is 1. The van der Waals surface area contributed by atoms with E-state index in [1.165, 1.54) is 14.2 Å². The van der Waals surface area contributed by atoms with Crippen LogP contribution in [0.1, 0.15) is 37.2 Å². The molecule has 7 heteroatoms. The molecular weight excluding hydrogens is 322 g/mol. The Hall–Kier alpha value is -2.83. The molecule has 0 radical (unpaired) electrons. The lowest BCUT2D eigenvalue weighted by atomic mass is 9.96. The molecule has 0 aliphatic carbocycles. The maximum absolute atomic E-state index is 12.7. The SMILES string of the molecule is CCCC(C)(NC(=O)c1nn(-c2ccccc2)cc1OC)C(=O)OC. The summed E-state index contributed by atoms with van der Waals surface area (Å²) in [6.07, 6.45) is 2.79. The van der Waals surface area contributed by atoms with Gasteiger partial charge in [-0.25, -0.2) is 9.48 Å². The molecule has 0 aliphatic rings. The number of hydrogen-bond donors (Lipinski definition) is 1. The standard InChI is InChI=1S/C18H23N3O4/c1-5-11-18(2,17(23)25-4)19-16(22)15-14(24-3)12-21(20-15)13-9-7-6-8-10-13/h6-10,12H,5,11H2,1-4H3,(H,19,22). The molecule has 0 saturated carbocycles. The number of nitrogens with zero attached hydrogens (tertiary/aromatic N) is 2. The molecule has 1 unspecified atom stereocenters. The van der Waals surface area contributed by atoms with Gasteiger partial charge < -0.3 is 14.8 Å². The molecule has 1 atom stereocenters. The van der Waals surface area contributed by atoms with Crippen LogP contribution in [0, 0.1) is 0 Å². The Morgan fingerprint density at radius 3 is 2.48 bits per heavy atom. The second-order valence-electron chi connectivity index (χ2n) is 5.85. The summed E-state index contributed by atoms with van der Waals surface area (Å²) in [4.78, 5) is 24.8. The lowest BCUT2D eigenvalue weighted by molar-refractivity contribution is -0.147. The fraction of sp³-hybridized carbons (Fsp3) is 0.389. The van der Waals surface area contributed by atoms with Crippen LogP contribution < -0.4 is 10.1 Å². The minimum absolute atomic E-state index is 0.109. The number of carbonyl (C=O) groups excluding carboxylic acids is 2. The Morgan fingerprint density at radius 1 is 1.24 bits per heavy atom. The Morgan fingerprint density at radius 2 is 1.92 bits per heavy atom. The first-order chi connectivity index (χ1) is 11.9. The maximum atomic E-state index is 12.7. The van der Waals surface area contributed by atoms with Crippen molar-refractivity contribution in [3.63, 3.8) is 0 Å². The maximum Gasteiger partial charge on any atom is 0.331 e. The van der Waals surface area contributed by atoms with Crippen LogP contribution in [0.25, 0.3) is 5.69 Å². The molecule has 0 spiro atoms. The molecule has 2 rings (SSSR count). The average Bonchev–Trinajstić information content (AvgIpc) is 3.06. The van der Waals surface area contributed by atoms with E-state index in [-0.39, 0.29) is 5.69 Å². The summed E-state index contributed by atoms with van der Waals surface area (Å²) in [7, 11) is 2.77. The lowest BCUT2D eigenvalue weighted by Gasteiger charge is -2.27. The predicted octanol–water partition coefficient (Wildman–Crippen LogP) is 2.34. The fourth-order valence-corrected chi connectivity index (χ4v) is 2.63. The zero-order valence-electron chi connectivity index (χ0n) is 14.9. The zero-order valence-corrected chi connectivity index (χ0v) is 14.9. The molecule has 1 amide bonds. The third-order valence-electron chi connectivity index (χ3n) is 3.91. The molecule has 25 heavy (non-hydrogen) atoms. The molecule has 0 bridgehead atoms. The molecular formula is C18H23N3O4. The van der Waals surface area contributed by atoms with Crippen LogP contribution in [0.15, 0.2) is 36.5 Å². The summed E-state index contributed by atoms with van der Waals surface area (Å²) < 4.78 is 11.7. The van der Waals surface area contributed by atoms with Crippen LogP contribution in [0.4, 0.5) is 0 Å². The summed E-state index contributed by atoms with van der Waals surface area (Å²) in [5.74, 6) is -0.665. The van der Waals surface area contributed by atoms with Gasteiger partial charge in [0.2, 0.25) is 0 Å². The summed E-state index contributed by atoms with van der Waals surface area (Å²) in [5.41, 5.74) is -0.219. The number of nitrogens with one attached hydrogen (secondary N) is 1. The van der Waals surface area contributed by atoms with Gasteiger partial charge in [-0.05, 0) is 25.5 Å². The molecule has 0 aliphatic heterocycles. The van der Waals surface area contributed by atoms with Crippen molar-refractivity contribution in [2.45, 2.75) is 32.2 Å². The summed E-state index contributed by atoms with van der Waals surface area (Å²) in [6, 6.07) is 9.37. The van der Waals surface area contributed by atoms with E-state index in [9.17, 15) is 9.59 Å². The van der Waals surface area contributed by atoms with E-state index >= 15 is 0 Å². The summed E-state index contributed by atoms with van der Waals surface area (Å²) in [5, 5.41) is 7.04. The van der Waals surface area contributed by atoms with E-state index in [0.717, 1.165) is 5.69 Å². The largest absolute Gasteiger partial charge is 0.493 e. The van der Waals surface area contributed by atoms with Crippen LogP contribution in [-0.2, 0) is 9.53 Å². The topological polar surface area (TPSA) is 82.5 Å². The number of aromatic nitrogens is 2. The molecule has 1 N–H and O–H groups in total. The number of rotatable bonds is 7. The van der Waals surface area contributed by atoms with Crippen LogP contribution in [0.3, 0.4) is 0 Å². The number of amides is 1. The van der Waals surface area contributed by atoms with Gasteiger partial charge in [-0.15, -0.1) is 0 Å². The Kier molecular flexibility index (Phi) is 5.80. The molecule has 1 aromatic heterocycles. The molecule has 1 aromatic carbocycles. The minimum atomic E-state index is -1.12. The molecule has 2 aromatic rings. The van der Waals surface area contributed by atoms with Crippen molar-refractivity contribution in [1.82, 2.24) is 15.1 Å². The van der Waals surface area contributed by atoms with Crippen molar-refractivity contribution < 1.29 is 19.1 Å². The number of para-hydroxylation sites is 1. The van der Waals surface area contributed by atoms with E-state index in [2.05, 4.69) is 10.4 Å². The van der Waals surface area contributed by atoms with Crippen molar-refractivity contribution in [2.75, 3.05) is 14.2 Å². The average molecular weight is 345 g/mol. The highest BCUT2D eigenvalue weighted by Gasteiger charge is 2.36. The Bertz CT molecular complexity index is 742. The molecule has 1 heterocycles. The number of benzene rings is 1. The second-order valence-corrected chi connectivity index (χ2v) is 5.85. The Labute approximate surface area is 146 Å². The van der Waals surface area contributed by atoms with Gasteiger partial charge in [-0.2, -0.15) is 5.10 Å². The first-order valence-electron chi connectivity index (χ1n) is 8.05. The van der Waals surface area contributed by atoms with Gasteiger partial charge in [0, 0.05) is 0 Å². The van der Waals surface area contributed by atoms with Crippen LogP contribution in [0.5, 0.6) is 5.75 Å². The van der Waals surface area contributed by atoms with Gasteiger partial charge >= 0.3 is 5.97 Å². The fourth-order valence-electron chi connectivity index (χ4n) is 2.63. The van der Waals surface area contributed by atoms with Crippen molar-refractivity contribution in [3.8, 4) is 11.4 Å². The number of methoxy groups -OCH3 is 2. The van der Waals surface area contributed by atoms with Crippen molar-refractivity contribution in [3.05, 3.63) is 42.2 Å². The van der Waals surface area contributed by atoms with Gasteiger partial charge in [0.05, 0.1) is 26.1 Å². The highest BCUT2D eigenvalue weighted by molar-refractivity contribution is 5.98. The van der Waals surface area contributed by atoms with Gasteiger partial charge in [0.15, 0.2) is 11.4 Å². The second kappa shape index (κ2) is 7.83. The van der Waals surface area contributed by atoms with E-state index in [1.807, 2.05) is 37.3 Å². The lowest BCUT2D eigenvalue weighted by Crippen LogP contribution is -2.52. The van der Waals surface area contributed by atoms with E-state index in [0.29, 0.717) is 18.6 Å². The van der Waals surface area contributed by atoms with Gasteiger partial charge in [0.1, 0.15) is 5.54 Å². The number of hydrogen-bond acceptors (Lipinski definition) is 5. The van der Waals surface area contributed by atoms with E-state index in [1.54, 1.807) is 17.8 Å². The van der Waals surface area contributed by atoms with Crippen LogP contribution >= 0.6 is 0 Å². The summed E-state index contributed by atoms with van der Waals surface area (Å²) in [6.45, 7) is 3.57. The highest BCUT2D eigenvalue weighted by atomic mass is 16.5. The molecule has 7 nitrogen and oxygen atoms in total. The zero-order chi connectivity index (χ0) is 18.4. The van der Waals surface area contributed by atoms with Gasteiger partial charge in [-0.3, -0.25) is 4.79 Å². The van der Waals surface area contributed by atoms with E-state index in [4.69, 9.17) is 9.47 Å². The number of carbonyl (C=O) groups is 2. The molecule has 0 fully saturated rings. The van der Waals surface area contributed by atoms with Gasteiger partial charge in [-0.1, -0.05) is 31.5 Å². The van der Waals surface area contributed by atoms with Crippen molar-refractivity contribution in [2.24, 2.45) is 0 Å². The molecule has 0 saturated heterocycles. The third kappa shape index (κ3) is 3.99. The summed E-state index contributed by atoms with van der Waals surface area (Å²) >= 11 is 0. The predicted molar refractivity (Wildman–Crippen MR) is 92.9 cm³/mol. The Balaban J connectivity index is 2.32. The quantitative estimate of drug-likeness (QED) is 0.779. The third-order valence-corrected chi connectivity index (χ3v) is 3.91. The van der Waals surface area contributed by atoms with Crippen LogP contribution in [-0.4, -0.2) is 41.4 Å². The van der Waals surface area contributed by atoms with Crippen molar-refractivity contribution in [1.29, 1.82) is 0 Å². The first-order valence-corrected chi connectivity index (χ1v) is 8.05. The van der Waals surface area contributed by atoms with Crippen LogP contribution in [0.2, 0.25) is 0 Å². The van der Waals surface area contributed by atoms with Gasteiger partial charge in [0.25, 0.3) is 5.91 Å². The van der Waals surface area contributed by atoms with E-state index < -0.39 is 17.4 Å². The smallest absolute Gasteiger partial charge is 0.331 e. The minimum Gasteiger partial charge on any atom is -0.493 e. The van der Waals surface area contributed by atoms with Crippen molar-refractivity contribution >= 4 is 11.9 Å². The highest BCUT2D eigenvalue weighted by Crippen LogP contribution is 2.21. The normalized spacial score (nSPS) is 13.0. The first kappa shape index (κ1) is 18.5. The monoisotopic (exact) mass is 345 g/mol.